The number of aryl methyl sites for hydroxylation is 2. The summed E-state index contributed by atoms with van der Waals surface area (Å²) in [5.41, 5.74) is 3.29. The van der Waals surface area contributed by atoms with E-state index in [9.17, 15) is 5.11 Å². The highest BCUT2D eigenvalue weighted by Gasteiger charge is 2.49. The molecular weight excluding hydrogens is 276 g/mol. The Morgan fingerprint density at radius 1 is 1.00 bits per heavy atom. The molecule has 1 aromatic carbocycles. The number of hydrogen-bond donors (Lipinski definition) is 1. The first-order valence-electron chi connectivity index (χ1n) is 8.52. The van der Waals surface area contributed by atoms with Gasteiger partial charge in [-0.05, 0) is 55.7 Å². The summed E-state index contributed by atoms with van der Waals surface area (Å²) in [5.74, 6) is 1.33. The minimum absolute atomic E-state index is 0.379. The van der Waals surface area contributed by atoms with Gasteiger partial charge < -0.3 is 14.6 Å². The molecule has 2 fully saturated rings. The van der Waals surface area contributed by atoms with Crippen LogP contribution in [0.1, 0.15) is 55.7 Å². The van der Waals surface area contributed by atoms with E-state index in [1.54, 1.807) is 0 Å². The third kappa shape index (κ3) is 2.55. The largest absolute Gasteiger partial charge is 0.507 e. The average molecular weight is 304 g/mol. The maximum Gasteiger partial charge on any atom is 0.173 e. The second kappa shape index (κ2) is 5.86. The van der Waals surface area contributed by atoms with Gasteiger partial charge in [0.25, 0.3) is 0 Å². The minimum atomic E-state index is -0.379. The lowest BCUT2D eigenvalue weighted by Gasteiger charge is -2.50. The molecule has 0 amide bonds. The fraction of sp³-hybridized carbons (Fsp3) is 0.684. The van der Waals surface area contributed by atoms with Gasteiger partial charge in [0.15, 0.2) is 5.79 Å². The van der Waals surface area contributed by atoms with E-state index in [-0.39, 0.29) is 5.79 Å². The standard InChI is InChI=1S/C19H28O3/c1-12-8-16(9-13(2)18(12)20)17-10-14(3)19(15(4)11-17)21-6-5-7-22-19/h8-9,14-15,17,20H,5-7,10-11H2,1-4H3. The summed E-state index contributed by atoms with van der Waals surface area (Å²) in [5, 5.41) is 9.99. The lowest BCUT2D eigenvalue weighted by Crippen LogP contribution is -2.54. The van der Waals surface area contributed by atoms with Gasteiger partial charge >= 0.3 is 0 Å². The summed E-state index contributed by atoms with van der Waals surface area (Å²) < 4.78 is 12.2. The second-order valence-electron chi connectivity index (χ2n) is 7.25. The summed E-state index contributed by atoms with van der Waals surface area (Å²) >= 11 is 0. The first kappa shape index (κ1) is 15.8. The van der Waals surface area contributed by atoms with E-state index in [2.05, 4.69) is 26.0 Å². The molecule has 3 rings (SSSR count). The van der Waals surface area contributed by atoms with Crippen molar-refractivity contribution in [3.05, 3.63) is 28.8 Å². The first-order valence-corrected chi connectivity index (χ1v) is 8.52. The Kier molecular flexibility index (Phi) is 4.21. The lowest BCUT2D eigenvalue weighted by atomic mass is 9.69. The quantitative estimate of drug-likeness (QED) is 0.841. The molecule has 0 aromatic heterocycles. The van der Waals surface area contributed by atoms with E-state index in [1.165, 1.54) is 5.56 Å². The molecule has 2 unspecified atom stereocenters. The third-order valence-corrected chi connectivity index (χ3v) is 5.58. The lowest BCUT2D eigenvalue weighted by molar-refractivity contribution is -0.326. The molecule has 3 heteroatoms. The summed E-state index contributed by atoms with van der Waals surface area (Å²) in [6.07, 6.45) is 3.16. The van der Waals surface area contributed by atoms with Crippen LogP contribution in [0.2, 0.25) is 0 Å². The number of rotatable bonds is 1. The number of ether oxygens (including phenoxy) is 2. The average Bonchev–Trinajstić information content (AvgIpc) is 2.50. The van der Waals surface area contributed by atoms with Crippen molar-refractivity contribution in [2.75, 3.05) is 13.2 Å². The van der Waals surface area contributed by atoms with Crippen molar-refractivity contribution in [3.63, 3.8) is 0 Å². The highest BCUT2D eigenvalue weighted by Crippen LogP contribution is 2.49. The fourth-order valence-corrected chi connectivity index (χ4v) is 4.39. The maximum atomic E-state index is 9.99. The molecule has 0 radical (unpaired) electrons. The first-order chi connectivity index (χ1) is 10.4. The van der Waals surface area contributed by atoms with Gasteiger partial charge in [-0.2, -0.15) is 0 Å². The molecule has 122 valence electrons. The summed E-state index contributed by atoms with van der Waals surface area (Å²) in [6, 6.07) is 4.29. The molecule has 2 aliphatic rings. The van der Waals surface area contributed by atoms with Crippen molar-refractivity contribution in [3.8, 4) is 5.75 Å². The second-order valence-corrected chi connectivity index (χ2v) is 7.25. The SMILES string of the molecule is Cc1cc(C2CC(C)C3(OCCCO3)C(C)C2)cc(C)c1O. The molecule has 2 atom stereocenters. The van der Waals surface area contributed by atoms with Crippen LogP contribution < -0.4 is 0 Å². The molecule has 1 aromatic rings. The molecule has 22 heavy (non-hydrogen) atoms. The Morgan fingerprint density at radius 3 is 2.00 bits per heavy atom. The van der Waals surface area contributed by atoms with Crippen LogP contribution in [0, 0.1) is 25.7 Å². The summed E-state index contributed by atoms with van der Waals surface area (Å²) in [4.78, 5) is 0. The van der Waals surface area contributed by atoms with Gasteiger partial charge in [0, 0.05) is 11.8 Å². The molecule has 1 saturated heterocycles. The van der Waals surface area contributed by atoms with Crippen LogP contribution >= 0.6 is 0 Å². The van der Waals surface area contributed by atoms with Crippen LogP contribution in [0.4, 0.5) is 0 Å². The minimum Gasteiger partial charge on any atom is -0.507 e. The summed E-state index contributed by atoms with van der Waals surface area (Å²) in [6.45, 7) is 10.1. The van der Waals surface area contributed by atoms with E-state index in [1.807, 2.05) is 13.8 Å². The Balaban J connectivity index is 1.84. The van der Waals surface area contributed by atoms with Crippen LogP contribution in [0.5, 0.6) is 5.75 Å². The maximum absolute atomic E-state index is 9.99. The van der Waals surface area contributed by atoms with Gasteiger partial charge in [0.1, 0.15) is 5.75 Å². The van der Waals surface area contributed by atoms with Crippen LogP contribution in [0.15, 0.2) is 12.1 Å². The number of aromatic hydroxyl groups is 1. The molecular formula is C19H28O3. The predicted molar refractivity (Wildman–Crippen MR) is 87.1 cm³/mol. The van der Waals surface area contributed by atoms with Crippen LogP contribution in [-0.4, -0.2) is 24.1 Å². The monoisotopic (exact) mass is 304 g/mol. The van der Waals surface area contributed by atoms with E-state index >= 15 is 0 Å². The smallest absolute Gasteiger partial charge is 0.173 e. The zero-order chi connectivity index (χ0) is 15.9. The number of benzene rings is 1. The van der Waals surface area contributed by atoms with Crippen molar-refractivity contribution in [2.45, 2.75) is 58.7 Å². The van der Waals surface area contributed by atoms with Crippen molar-refractivity contribution in [1.82, 2.24) is 0 Å². The highest BCUT2D eigenvalue weighted by atomic mass is 16.7. The normalized spacial score (nSPS) is 31.4. The zero-order valence-electron chi connectivity index (χ0n) is 14.2. The fourth-order valence-electron chi connectivity index (χ4n) is 4.39. The predicted octanol–water partition coefficient (Wildman–Crippen LogP) is 4.29. The van der Waals surface area contributed by atoms with Gasteiger partial charge in [-0.25, -0.2) is 0 Å². The van der Waals surface area contributed by atoms with Gasteiger partial charge in [0.05, 0.1) is 13.2 Å². The number of phenols is 1. The Labute approximate surface area is 133 Å². The third-order valence-electron chi connectivity index (χ3n) is 5.58. The van der Waals surface area contributed by atoms with Gasteiger partial charge in [-0.3, -0.25) is 0 Å². The van der Waals surface area contributed by atoms with Crippen LogP contribution in [0.3, 0.4) is 0 Å². The Morgan fingerprint density at radius 2 is 1.50 bits per heavy atom. The van der Waals surface area contributed by atoms with Crippen LogP contribution in [-0.2, 0) is 9.47 Å². The highest BCUT2D eigenvalue weighted by molar-refractivity contribution is 5.43. The molecule has 0 bridgehead atoms. The van der Waals surface area contributed by atoms with Crippen LogP contribution in [0.25, 0.3) is 0 Å². The van der Waals surface area contributed by atoms with Gasteiger partial charge in [-0.15, -0.1) is 0 Å². The molecule has 1 N–H and O–H groups in total. The Bertz CT molecular complexity index is 509. The van der Waals surface area contributed by atoms with Crippen molar-refractivity contribution < 1.29 is 14.6 Å². The van der Waals surface area contributed by atoms with E-state index in [0.29, 0.717) is 23.5 Å². The molecule has 1 spiro atoms. The molecule has 1 aliphatic carbocycles. The molecule has 3 nitrogen and oxygen atoms in total. The van der Waals surface area contributed by atoms with Crippen molar-refractivity contribution in [1.29, 1.82) is 0 Å². The van der Waals surface area contributed by atoms with E-state index in [4.69, 9.17) is 9.47 Å². The van der Waals surface area contributed by atoms with E-state index < -0.39 is 0 Å². The molecule has 1 saturated carbocycles. The molecule has 1 heterocycles. The van der Waals surface area contributed by atoms with Crippen molar-refractivity contribution in [2.24, 2.45) is 11.8 Å². The van der Waals surface area contributed by atoms with Gasteiger partial charge in [0.2, 0.25) is 0 Å². The molecule has 1 aliphatic heterocycles. The van der Waals surface area contributed by atoms with Gasteiger partial charge in [-0.1, -0.05) is 26.0 Å². The number of hydrogen-bond acceptors (Lipinski definition) is 3. The topological polar surface area (TPSA) is 38.7 Å². The Hall–Kier alpha value is -1.06. The van der Waals surface area contributed by atoms with Crippen molar-refractivity contribution >= 4 is 0 Å². The van der Waals surface area contributed by atoms with E-state index in [0.717, 1.165) is 43.6 Å². The number of phenolic OH excluding ortho intramolecular Hbond substituents is 1. The zero-order valence-corrected chi connectivity index (χ0v) is 14.2. The summed E-state index contributed by atoms with van der Waals surface area (Å²) in [7, 11) is 0.